The molecule has 0 bridgehead atoms. The molecule has 0 radical (unpaired) electrons. The fourth-order valence-electron chi connectivity index (χ4n) is 3.79. The van der Waals surface area contributed by atoms with Crippen molar-refractivity contribution in [2.45, 2.75) is 37.0 Å². The molecule has 3 rings (SSSR count). The summed E-state index contributed by atoms with van der Waals surface area (Å²) >= 11 is 0. The van der Waals surface area contributed by atoms with Gasteiger partial charge in [-0.15, -0.1) is 12.3 Å². The Bertz CT molecular complexity index is 1080. The zero-order valence-corrected chi connectivity index (χ0v) is 17.8. The van der Waals surface area contributed by atoms with Crippen LogP contribution in [0.5, 0.6) is 0 Å². The lowest BCUT2D eigenvalue weighted by Gasteiger charge is -2.22. The molecule has 2 aromatic carbocycles. The molecule has 0 aromatic heterocycles. The maximum Gasteiger partial charge on any atom is 0.409 e. The number of nitrogens with one attached hydrogen (secondary N) is 2. The molecule has 1 aliphatic rings. The van der Waals surface area contributed by atoms with Crippen LogP contribution in [0.2, 0.25) is 0 Å². The van der Waals surface area contributed by atoms with Crippen LogP contribution >= 0.6 is 0 Å². The lowest BCUT2D eigenvalue weighted by Crippen LogP contribution is -2.50. The predicted molar refractivity (Wildman–Crippen MR) is 116 cm³/mol. The number of halogens is 3. The number of fused-ring (bicyclic) bond motifs is 3. The Hall–Kier alpha value is -4.00. The summed E-state index contributed by atoms with van der Waals surface area (Å²) in [4.78, 5) is 35.2. The molecule has 2 atom stereocenters. The number of benzene rings is 2. The van der Waals surface area contributed by atoms with Crippen LogP contribution in [0.3, 0.4) is 0 Å². The third-order valence-corrected chi connectivity index (χ3v) is 5.38. The zero-order chi connectivity index (χ0) is 24.9. The molecule has 0 saturated heterocycles. The van der Waals surface area contributed by atoms with E-state index in [0.717, 1.165) is 22.3 Å². The summed E-state index contributed by atoms with van der Waals surface area (Å²) < 4.78 is 45.4. The topological polar surface area (TPSA) is 105 Å². The number of carbonyl (C=O) groups excluding carboxylic acids is 2. The second-order valence-corrected chi connectivity index (χ2v) is 7.63. The summed E-state index contributed by atoms with van der Waals surface area (Å²) in [6.45, 7) is -0.208. The van der Waals surface area contributed by atoms with Gasteiger partial charge in [0, 0.05) is 12.3 Å². The highest BCUT2D eigenvalue weighted by atomic mass is 19.4. The Balaban J connectivity index is 1.64. The van der Waals surface area contributed by atoms with Crippen LogP contribution in [0, 0.1) is 12.3 Å². The molecule has 178 valence electrons. The molecule has 0 fully saturated rings. The molecule has 2 aromatic rings. The van der Waals surface area contributed by atoms with Gasteiger partial charge in [-0.3, -0.25) is 4.79 Å². The van der Waals surface area contributed by atoms with Crippen LogP contribution in [0.4, 0.5) is 18.0 Å². The van der Waals surface area contributed by atoms with Crippen molar-refractivity contribution >= 4 is 18.0 Å². The number of carboxylic acid groups (broad SMARTS) is 1. The van der Waals surface area contributed by atoms with E-state index in [0.29, 0.717) is 0 Å². The van der Waals surface area contributed by atoms with Crippen molar-refractivity contribution in [1.29, 1.82) is 0 Å². The Morgan fingerprint density at radius 2 is 1.59 bits per heavy atom. The summed E-state index contributed by atoms with van der Waals surface area (Å²) in [5.41, 5.74) is 3.68. The van der Waals surface area contributed by atoms with Gasteiger partial charge in [-0.25, -0.2) is 9.59 Å². The van der Waals surface area contributed by atoms with Crippen LogP contribution in [-0.2, 0) is 14.3 Å². The first-order chi connectivity index (χ1) is 16.1. The van der Waals surface area contributed by atoms with Crippen LogP contribution in [0.25, 0.3) is 11.1 Å². The Kier molecular flexibility index (Phi) is 7.46. The molecular weight excluding hydrogens is 453 g/mol. The third kappa shape index (κ3) is 5.67. The average Bonchev–Trinajstić information content (AvgIpc) is 3.10. The van der Waals surface area contributed by atoms with E-state index in [1.165, 1.54) is 0 Å². The molecule has 7 nitrogen and oxygen atoms in total. The second-order valence-electron chi connectivity index (χ2n) is 7.63. The van der Waals surface area contributed by atoms with Crippen LogP contribution in [0.15, 0.2) is 48.5 Å². The van der Waals surface area contributed by atoms with Crippen molar-refractivity contribution in [3.63, 3.8) is 0 Å². The van der Waals surface area contributed by atoms with Gasteiger partial charge >= 0.3 is 18.2 Å². The molecule has 0 heterocycles. The number of aliphatic carboxylic acids is 1. The first-order valence-corrected chi connectivity index (χ1v) is 10.3. The average molecular weight is 474 g/mol. The number of rotatable bonds is 8. The Morgan fingerprint density at radius 1 is 1.03 bits per heavy atom. The first-order valence-electron chi connectivity index (χ1n) is 10.3. The summed E-state index contributed by atoms with van der Waals surface area (Å²) in [7, 11) is 0. The van der Waals surface area contributed by atoms with Crippen molar-refractivity contribution in [3.8, 4) is 23.5 Å². The molecule has 10 heteroatoms. The number of carboxylic acids is 1. The molecule has 0 spiro atoms. The van der Waals surface area contributed by atoms with Gasteiger partial charge in [-0.05, 0) is 22.3 Å². The van der Waals surface area contributed by atoms with E-state index in [4.69, 9.17) is 16.3 Å². The number of ether oxygens (including phenoxy) is 1. The molecule has 34 heavy (non-hydrogen) atoms. The minimum atomic E-state index is -4.98. The lowest BCUT2D eigenvalue weighted by atomic mass is 9.98. The van der Waals surface area contributed by atoms with Gasteiger partial charge < -0.3 is 20.5 Å². The van der Waals surface area contributed by atoms with Gasteiger partial charge in [0.15, 0.2) is 0 Å². The van der Waals surface area contributed by atoms with E-state index >= 15 is 0 Å². The minimum Gasteiger partial charge on any atom is -0.480 e. The van der Waals surface area contributed by atoms with Gasteiger partial charge in [0.1, 0.15) is 18.7 Å². The van der Waals surface area contributed by atoms with Crippen molar-refractivity contribution < 1.29 is 37.4 Å². The number of hydrogen-bond acceptors (Lipinski definition) is 4. The molecule has 0 saturated carbocycles. The standard InChI is InChI=1S/C24H21F3N2O5/c1-2-7-19(22(31)32)28-21(30)12-20(24(25,26)27)29-23(33)34-13-18-16-10-5-3-8-14(16)15-9-4-6-11-17(15)18/h1,3-6,8-11,18-20H,7,12-13H2,(H,28,30)(H,29,33)(H,31,32). The van der Waals surface area contributed by atoms with Crippen molar-refractivity contribution in [2.24, 2.45) is 0 Å². The number of amides is 2. The minimum absolute atomic E-state index is 0.208. The largest absolute Gasteiger partial charge is 0.480 e. The van der Waals surface area contributed by atoms with Crippen LogP contribution in [0.1, 0.15) is 29.9 Å². The molecule has 3 N–H and O–H groups in total. The van der Waals surface area contributed by atoms with Crippen LogP contribution < -0.4 is 10.6 Å². The summed E-state index contributed by atoms with van der Waals surface area (Å²) in [6, 6.07) is 10.8. The second kappa shape index (κ2) is 10.3. The first kappa shape index (κ1) is 24.6. The van der Waals surface area contributed by atoms with Crippen molar-refractivity contribution in [2.75, 3.05) is 6.61 Å². The zero-order valence-electron chi connectivity index (χ0n) is 17.8. The number of hydrogen-bond donors (Lipinski definition) is 3. The molecule has 2 unspecified atom stereocenters. The monoisotopic (exact) mass is 474 g/mol. The van der Waals surface area contributed by atoms with Gasteiger partial charge in [-0.2, -0.15) is 13.2 Å². The van der Waals surface area contributed by atoms with Gasteiger partial charge in [-0.1, -0.05) is 48.5 Å². The number of carbonyl (C=O) groups is 3. The van der Waals surface area contributed by atoms with E-state index in [1.807, 2.05) is 59.8 Å². The smallest absolute Gasteiger partial charge is 0.409 e. The molecule has 2 amide bonds. The van der Waals surface area contributed by atoms with Crippen molar-refractivity contribution in [3.05, 3.63) is 59.7 Å². The quantitative estimate of drug-likeness (QED) is 0.509. The summed E-state index contributed by atoms with van der Waals surface area (Å²) in [6.07, 6.45) is -2.96. The maximum atomic E-state index is 13.4. The van der Waals surface area contributed by atoms with E-state index in [9.17, 15) is 27.6 Å². The van der Waals surface area contributed by atoms with E-state index < -0.39 is 49.1 Å². The molecule has 1 aliphatic carbocycles. The highest BCUT2D eigenvalue weighted by Crippen LogP contribution is 2.44. The highest BCUT2D eigenvalue weighted by molar-refractivity contribution is 5.84. The summed E-state index contributed by atoms with van der Waals surface area (Å²) in [5, 5.41) is 12.6. The van der Waals surface area contributed by atoms with Gasteiger partial charge in [0.2, 0.25) is 5.91 Å². The van der Waals surface area contributed by atoms with Crippen LogP contribution in [-0.4, -0.2) is 47.9 Å². The lowest BCUT2D eigenvalue weighted by molar-refractivity contribution is -0.160. The number of alkyl halides is 3. The van der Waals surface area contributed by atoms with Gasteiger partial charge in [0.25, 0.3) is 0 Å². The fourth-order valence-corrected chi connectivity index (χ4v) is 3.79. The number of alkyl carbamates (subject to hydrolysis) is 1. The highest BCUT2D eigenvalue weighted by Gasteiger charge is 2.43. The summed E-state index contributed by atoms with van der Waals surface area (Å²) in [5.74, 6) is -1.05. The van der Waals surface area contributed by atoms with E-state index in [2.05, 4.69) is 0 Å². The Labute approximate surface area is 193 Å². The Morgan fingerprint density at radius 3 is 2.09 bits per heavy atom. The van der Waals surface area contributed by atoms with Crippen molar-refractivity contribution in [1.82, 2.24) is 10.6 Å². The van der Waals surface area contributed by atoms with Gasteiger partial charge in [0.05, 0.1) is 6.42 Å². The van der Waals surface area contributed by atoms with E-state index in [-0.39, 0.29) is 12.5 Å². The molecular formula is C24H21F3N2O5. The number of terminal acetylenes is 1. The maximum absolute atomic E-state index is 13.4. The normalized spacial score (nSPS) is 14.2. The van der Waals surface area contributed by atoms with E-state index in [1.54, 1.807) is 5.32 Å². The third-order valence-electron chi connectivity index (χ3n) is 5.38. The SMILES string of the molecule is C#CCC(NC(=O)CC(NC(=O)OCC1c2ccccc2-c2ccccc21)C(F)(F)F)C(=O)O. The molecule has 0 aliphatic heterocycles. The fraction of sp³-hybridized carbons (Fsp3) is 0.292. The predicted octanol–water partition coefficient (Wildman–Crippen LogP) is 3.44.